The molecule has 0 aliphatic carbocycles. The van der Waals surface area contributed by atoms with Gasteiger partial charge >= 0.3 is 0 Å². The average Bonchev–Trinajstić information content (AvgIpc) is 1.83. The maximum Gasteiger partial charge on any atom is 0.0592 e. The van der Waals surface area contributed by atoms with Crippen LogP contribution in [0.1, 0.15) is 34.6 Å². The molecule has 0 fully saturated rings. The predicted octanol–water partition coefficient (Wildman–Crippen LogP) is 1.41. The van der Waals surface area contributed by atoms with E-state index in [2.05, 4.69) is 0 Å². The van der Waals surface area contributed by atoms with Gasteiger partial charge in [0.15, 0.2) is 0 Å². The maximum atomic E-state index is 9.45. The van der Waals surface area contributed by atoms with E-state index in [1.165, 1.54) is 0 Å². The molecular formula is C9H20O2. The fourth-order valence-electron chi connectivity index (χ4n) is 0.996. The summed E-state index contributed by atoms with van der Waals surface area (Å²) in [5.74, 6) is 0. The van der Waals surface area contributed by atoms with Gasteiger partial charge in [-0.3, -0.25) is 0 Å². The number of rotatable bonds is 2. The number of aliphatic hydroxyl groups excluding tert-OH is 2. The second-order valence-corrected chi connectivity index (χ2v) is 4.50. The molecule has 0 saturated heterocycles. The van der Waals surface area contributed by atoms with Gasteiger partial charge in [-0.1, -0.05) is 27.7 Å². The molecule has 0 bridgehead atoms. The first-order chi connectivity index (χ1) is 4.75. The summed E-state index contributed by atoms with van der Waals surface area (Å²) in [7, 11) is 0. The fraction of sp³-hybridized carbons (Fsp3) is 1.00. The lowest BCUT2D eigenvalue weighted by atomic mass is 9.65. The summed E-state index contributed by atoms with van der Waals surface area (Å²) in [6, 6.07) is 0. The summed E-state index contributed by atoms with van der Waals surface area (Å²) in [4.78, 5) is 0. The smallest absolute Gasteiger partial charge is 0.0592 e. The minimum Gasteiger partial charge on any atom is -0.396 e. The highest BCUT2D eigenvalue weighted by atomic mass is 16.3. The van der Waals surface area contributed by atoms with Crippen LogP contribution in [-0.4, -0.2) is 22.9 Å². The van der Waals surface area contributed by atoms with Crippen molar-refractivity contribution < 1.29 is 10.2 Å². The van der Waals surface area contributed by atoms with Gasteiger partial charge in [-0.25, -0.2) is 0 Å². The first-order valence-corrected chi connectivity index (χ1v) is 4.04. The van der Waals surface area contributed by atoms with Gasteiger partial charge in [0.25, 0.3) is 0 Å². The van der Waals surface area contributed by atoms with Gasteiger partial charge in [0, 0.05) is 5.41 Å². The zero-order chi connectivity index (χ0) is 9.28. The molecule has 0 aliphatic heterocycles. The molecule has 0 heterocycles. The van der Waals surface area contributed by atoms with Crippen LogP contribution in [0.3, 0.4) is 0 Å². The van der Waals surface area contributed by atoms with Crippen LogP contribution in [0.25, 0.3) is 0 Å². The van der Waals surface area contributed by atoms with Crippen molar-refractivity contribution in [1.82, 2.24) is 0 Å². The van der Waals surface area contributed by atoms with Crippen LogP contribution in [0, 0.1) is 10.8 Å². The van der Waals surface area contributed by atoms with Crippen LogP contribution in [0.5, 0.6) is 0 Å². The Labute approximate surface area is 69.2 Å². The van der Waals surface area contributed by atoms with E-state index in [0.717, 1.165) is 0 Å². The Morgan fingerprint density at radius 3 is 1.55 bits per heavy atom. The lowest BCUT2D eigenvalue weighted by Gasteiger charge is -2.42. The molecule has 0 aromatic rings. The van der Waals surface area contributed by atoms with Crippen molar-refractivity contribution >= 4 is 0 Å². The van der Waals surface area contributed by atoms with Gasteiger partial charge in [-0.2, -0.15) is 0 Å². The molecule has 0 aromatic carbocycles. The SMILES string of the molecule is CC(O)C(C)(CO)C(C)(C)C. The Balaban J connectivity index is 4.61. The van der Waals surface area contributed by atoms with Gasteiger partial charge in [0.05, 0.1) is 12.7 Å². The summed E-state index contributed by atoms with van der Waals surface area (Å²) in [6.45, 7) is 9.72. The molecule has 68 valence electrons. The highest BCUT2D eigenvalue weighted by Crippen LogP contribution is 2.40. The molecule has 0 aromatic heterocycles. The molecule has 0 amide bonds. The van der Waals surface area contributed by atoms with E-state index in [0.29, 0.717) is 0 Å². The van der Waals surface area contributed by atoms with Crippen LogP contribution in [0.4, 0.5) is 0 Å². The number of hydrogen-bond acceptors (Lipinski definition) is 2. The molecule has 2 nitrogen and oxygen atoms in total. The number of aliphatic hydroxyl groups is 2. The third kappa shape index (κ3) is 1.94. The van der Waals surface area contributed by atoms with E-state index in [-0.39, 0.29) is 12.0 Å². The van der Waals surface area contributed by atoms with Crippen LogP contribution in [-0.2, 0) is 0 Å². The molecule has 2 atom stereocenters. The minimum absolute atomic E-state index is 0.0220. The normalized spacial score (nSPS) is 21.0. The minimum atomic E-state index is -0.479. The van der Waals surface area contributed by atoms with E-state index < -0.39 is 11.5 Å². The van der Waals surface area contributed by atoms with Gasteiger partial charge in [-0.15, -0.1) is 0 Å². The quantitative estimate of drug-likeness (QED) is 0.641. The molecule has 2 N–H and O–H groups in total. The van der Waals surface area contributed by atoms with Crippen LogP contribution in [0.2, 0.25) is 0 Å². The van der Waals surface area contributed by atoms with Crippen molar-refractivity contribution in [2.24, 2.45) is 10.8 Å². The highest BCUT2D eigenvalue weighted by molar-refractivity contribution is 4.89. The maximum absolute atomic E-state index is 9.45. The van der Waals surface area contributed by atoms with Crippen molar-refractivity contribution in [1.29, 1.82) is 0 Å². The third-order valence-electron chi connectivity index (χ3n) is 2.96. The zero-order valence-corrected chi connectivity index (χ0v) is 8.18. The summed E-state index contributed by atoms with van der Waals surface area (Å²) >= 11 is 0. The van der Waals surface area contributed by atoms with Gasteiger partial charge in [0.2, 0.25) is 0 Å². The largest absolute Gasteiger partial charge is 0.396 e. The van der Waals surface area contributed by atoms with E-state index >= 15 is 0 Å². The summed E-state index contributed by atoms with van der Waals surface area (Å²) in [6.07, 6.45) is -0.479. The predicted molar refractivity (Wildman–Crippen MR) is 46.3 cm³/mol. The van der Waals surface area contributed by atoms with Crippen molar-refractivity contribution in [2.45, 2.75) is 40.7 Å². The molecule has 0 radical (unpaired) electrons. The van der Waals surface area contributed by atoms with E-state index in [4.69, 9.17) is 5.11 Å². The topological polar surface area (TPSA) is 40.5 Å². The second kappa shape index (κ2) is 3.11. The first-order valence-electron chi connectivity index (χ1n) is 4.04. The van der Waals surface area contributed by atoms with Gasteiger partial charge < -0.3 is 10.2 Å². The Bertz CT molecular complexity index is 124. The molecule has 0 saturated carbocycles. The zero-order valence-electron chi connectivity index (χ0n) is 8.18. The number of hydrogen-bond donors (Lipinski definition) is 2. The second-order valence-electron chi connectivity index (χ2n) is 4.50. The van der Waals surface area contributed by atoms with Gasteiger partial charge in [-0.05, 0) is 12.3 Å². The fourth-order valence-corrected chi connectivity index (χ4v) is 0.996. The molecule has 0 spiro atoms. The Morgan fingerprint density at radius 2 is 1.55 bits per heavy atom. The lowest BCUT2D eigenvalue weighted by molar-refractivity contribution is -0.0670. The van der Waals surface area contributed by atoms with E-state index in [9.17, 15) is 5.11 Å². The lowest BCUT2D eigenvalue weighted by Crippen LogP contribution is -2.44. The van der Waals surface area contributed by atoms with Crippen LogP contribution >= 0.6 is 0 Å². The average molecular weight is 160 g/mol. The van der Waals surface area contributed by atoms with Crippen molar-refractivity contribution in [3.63, 3.8) is 0 Å². The van der Waals surface area contributed by atoms with E-state index in [1.54, 1.807) is 6.92 Å². The molecule has 11 heavy (non-hydrogen) atoms. The first kappa shape index (κ1) is 10.9. The highest BCUT2D eigenvalue weighted by Gasteiger charge is 2.40. The van der Waals surface area contributed by atoms with Crippen molar-refractivity contribution in [2.75, 3.05) is 6.61 Å². The van der Waals surface area contributed by atoms with Crippen molar-refractivity contribution in [3.05, 3.63) is 0 Å². The summed E-state index contributed by atoms with van der Waals surface area (Å²) < 4.78 is 0. The molecule has 0 rings (SSSR count). The molecule has 2 heteroatoms. The summed E-state index contributed by atoms with van der Waals surface area (Å²) in [5.41, 5.74) is -0.483. The third-order valence-corrected chi connectivity index (χ3v) is 2.96. The Kier molecular flexibility index (Phi) is 3.09. The van der Waals surface area contributed by atoms with E-state index in [1.807, 2.05) is 27.7 Å². The van der Waals surface area contributed by atoms with Crippen molar-refractivity contribution in [3.8, 4) is 0 Å². The standard InChI is InChI=1S/C9H20O2/c1-7(11)9(5,6-10)8(2,3)4/h7,10-11H,6H2,1-5H3. The Hall–Kier alpha value is -0.0800. The monoisotopic (exact) mass is 160 g/mol. The molecule has 2 unspecified atom stereocenters. The van der Waals surface area contributed by atoms with Crippen LogP contribution < -0.4 is 0 Å². The summed E-state index contributed by atoms with van der Waals surface area (Å²) in [5, 5.41) is 18.6. The van der Waals surface area contributed by atoms with Gasteiger partial charge in [0.1, 0.15) is 0 Å². The molecular weight excluding hydrogens is 140 g/mol. The van der Waals surface area contributed by atoms with Crippen LogP contribution in [0.15, 0.2) is 0 Å². The Morgan fingerprint density at radius 1 is 1.18 bits per heavy atom. The molecule has 0 aliphatic rings.